The van der Waals surface area contributed by atoms with Crippen molar-refractivity contribution in [1.82, 2.24) is 0 Å². The number of hydrogen-bond donors (Lipinski definition) is 0. The SMILES string of the molecule is CCCCC/C=C\C/C=C\C/C=C\CCCCCCCCC(=O)OCC(COC(=O)CCCCCCCCC/C=C\C/C=C\CCCCCC)OC(=O)CCCCCCCCCCC/C=C\CCCCCCCC. The molecule has 1 unspecified atom stereocenters. The average Bonchev–Trinajstić information content (AvgIpc) is 3.40. The molecule has 0 aliphatic heterocycles. The molecule has 6 nitrogen and oxygen atoms in total. The Balaban J connectivity index is 4.41. The average molecular weight is 1030 g/mol. The van der Waals surface area contributed by atoms with E-state index in [2.05, 4.69) is 93.7 Å². The molecule has 0 N–H and O–H groups in total. The molecule has 0 rings (SSSR count). The molecule has 0 aromatic rings. The van der Waals surface area contributed by atoms with E-state index in [1.54, 1.807) is 0 Å². The second-order valence-corrected chi connectivity index (χ2v) is 21.3. The minimum Gasteiger partial charge on any atom is -0.462 e. The summed E-state index contributed by atoms with van der Waals surface area (Å²) in [6.07, 6.45) is 80.3. The Kier molecular flexibility index (Phi) is 59.7. The first-order valence-electron chi connectivity index (χ1n) is 31.9. The van der Waals surface area contributed by atoms with Crippen molar-refractivity contribution in [1.29, 1.82) is 0 Å². The van der Waals surface area contributed by atoms with Gasteiger partial charge < -0.3 is 14.2 Å². The van der Waals surface area contributed by atoms with Crippen molar-refractivity contribution in [2.75, 3.05) is 13.2 Å². The molecule has 0 saturated heterocycles. The summed E-state index contributed by atoms with van der Waals surface area (Å²) in [4.78, 5) is 38.3. The topological polar surface area (TPSA) is 78.9 Å². The first-order valence-corrected chi connectivity index (χ1v) is 31.9. The van der Waals surface area contributed by atoms with Crippen molar-refractivity contribution < 1.29 is 28.6 Å². The highest BCUT2D eigenvalue weighted by atomic mass is 16.6. The summed E-state index contributed by atoms with van der Waals surface area (Å²) in [6.45, 7) is 6.61. The smallest absolute Gasteiger partial charge is 0.306 e. The molecule has 0 heterocycles. The number of hydrogen-bond acceptors (Lipinski definition) is 6. The molecule has 0 radical (unpaired) electrons. The maximum atomic E-state index is 12.9. The van der Waals surface area contributed by atoms with E-state index in [9.17, 15) is 14.4 Å². The fourth-order valence-corrected chi connectivity index (χ4v) is 9.06. The van der Waals surface area contributed by atoms with E-state index in [1.807, 2.05) is 0 Å². The van der Waals surface area contributed by atoms with Crippen LogP contribution in [0.1, 0.15) is 323 Å². The summed E-state index contributed by atoms with van der Waals surface area (Å²) in [5.74, 6) is -0.891. The summed E-state index contributed by atoms with van der Waals surface area (Å²) < 4.78 is 16.9. The second-order valence-electron chi connectivity index (χ2n) is 21.3. The summed E-state index contributed by atoms with van der Waals surface area (Å²) >= 11 is 0. The number of carbonyl (C=O) groups is 3. The van der Waals surface area contributed by atoms with Crippen LogP contribution in [0.5, 0.6) is 0 Å². The van der Waals surface area contributed by atoms with Crippen molar-refractivity contribution in [2.45, 2.75) is 329 Å². The van der Waals surface area contributed by atoms with E-state index in [-0.39, 0.29) is 31.1 Å². The largest absolute Gasteiger partial charge is 0.462 e. The summed E-state index contributed by atoms with van der Waals surface area (Å²) in [7, 11) is 0. The maximum absolute atomic E-state index is 12.9. The van der Waals surface area contributed by atoms with Gasteiger partial charge in [-0.05, 0) is 116 Å². The molecule has 0 amide bonds. The Morgan fingerprint density at radius 2 is 0.486 bits per heavy atom. The molecule has 0 bridgehead atoms. The van der Waals surface area contributed by atoms with Crippen LogP contribution >= 0.6 is 0 Å². The van der Waals surface area contributed by atoms with Crippen LogP contribution in [-0.4, -0.2) is 37.2 Å². The van der Waals surface area contributed by atoms with Gasteiger partial charge in [-0.2, -0.15) is 0 Å². The Bertz CT molecular complexity index is 1370. The predicted octanol–water partition coefficient (Wildman–Crippen LogP) is 21.7. The number of esters is 3. The van der Waals surface area contributed by atoms with Crippen LogP contribution in [0, 0.1) is 0 Å². The van der Waals surface area contributed by atoms with Crippen LogP contribution in [0.4, 0.5) is 0 Å². The van der Waals surface area contributed by atoms with Gasteiger partial charge in [-0.1, -0.05) is 261 Å². The number of rotatable bonds is 58. The van der Waals surface area contributed by atoms with E-state index in [4.69, 9.17) is 14.2 Å². The summed E-state index contributed by atoms with van der Waals surface area (Å²) in [5.41, 5.74) is 0. The zero-order valence-electron chi connectivity index (χ0n) is 49.1. The van der Waals surface area contributed by atoms with Gasteiger partial charge in [0, 0.05) is 19.3 Å². The Morgan fingerprint density at radius 3 is 0.811 bits per heavy atom. The van der Waals surface area contributed by atoms with Crippen molar-refractivity contribution in [3.63, 3.8) is 0 Å². The summed E-state index contributed by atoms with van der Waals surface area (Å²) in [6, 6.07) is 0. The quantitative estimate of drug-likeness (QED) is 0.0261. The first-order chi connectivity index (χ1) is 36.5. The molecule has 1 atom stereocenters. The third kappa shape index (κ3) is 59.7. The zero-order chi connectivity index (χ0) is 53.6. The van der Waals surface area contributed by atoms with Gasteiger partial charge in [0.2, 0.25) is 0 Å². The van der Waals surface area contributed by atoms with Crippen LogP contribution in [-0.2, 0) is 28.6 Å². The van der Waals surface area contributed by atoms with Gasteiger partial charge >= 0.3 is 17.9 Å². The monoisotopic (exact) mass is 1030 g/mol. The maximum Gasteiger partial charge on any atom is 0.306 e. The molecule has 0 saturated carbocycles. The standard InChI is InChI=1S/C68H120O6/c1-4-7-10-13-16-19-22-25-28-31-34-37-40-43-46-49-52-55-58-61-67(70)73-64-65(63-72-66(69)60-57-54-51-48-45-42-39-36-33-30-27-24-21-18-15-12-9-6-3)74-68(71)62-59-56-53-50-47-44-41-38-35-32-29-26-23-20-17-14-11-8-5-2/h16,19,21,24-26,28-30,33-34,37,65H,4-15,17-18,20,22-23,27,31-32,35-36,38-64H2,1-3H3/b19-16-,24-21-,28-25-,29-26-,33-30-,37-34-. The van der Waals surface area contributed by atoms with Crippen molar-refractivity contribution in [3.05, 3.63) is 72.9 Å². The van der Waals surface area contributed by atoms with Gasteiger partial charge in [0.15, 0.2) is 6.10 Å². The summed E-state index contributed by atoms with van der Waals surface area (Å²) in [5, 5.41) is 0. The first kappa shape index (κ1) is 70.8. The number of allylic oxidation sites excluding steroid dienone is 12. The fourth-order valence-electron chi connectivity index (χ4n) is 9.06. The molecule has 0 spiro atoms. The van der Waals surface area contributed by atoms with Gasteiger partial charge in [0.05, 0.1) is 0 Å². The Hall–Kier alpha value is -3.15. The highest BCUT2D eigenvalue weighted by Gasteiger charge is 2.19. The van der Waals surface area contributed by atoms with E-state index in [0.717, 1.165) is 89.9 Å². The molecular formula is C68H120O6. The van der Waals surface area contributed by atoms with E-state index in [0.29, 0.717) is 19.3 Å². The Labute approximate surface area is 459 Å². The molecule has 0 fully saturated rings. The van der Waals surface area contributed by atoms with Crippen LogP contribution in [0.25, 0.3) is 0 Å². The lowest BCUT2D eigenvalue weighted by atomic mass is 10.1. The number of carbonyl (C=O) groups excluding carboxylic acids is 3. The molecular weight excluding hydrogens is 913 g/mol. The Morgan fingerprint density at radius 1 is 0.270 bits per heavy atom. The van der Waals surface area contributed by atoms with Crippen LogP contribution in [0.15, 0.2) is 72.9 Å². The number of unbranched alkanes of at least 4 members (excludes halogenated alkanes) is 35. The lowest BCUT2D eigenvalue weighted by Gasteiger charge is -2.18. The van der Waals surface area contributed by atoms with Crippen molar-refractivity contribution in [3.8, 4) is 0 Å². The second kappa shape index (κ2) is 62.4. The molecule has 428 valence electrons. The van der Waals surface area contributed by atoms with E-state index in [1.165, 1.54) is 193 Å². The fraction of sp³-hybridized carbons (Fsp3) is 0.779. The van der Waals surface area contributed by atoms with E-state index >= 15 is 0 Å². The molecule has 74 heavy (non-hydrogen) atoms. The third-order valence-electron chi connectivity index (χ3n) is 13.9. The van der Waals surface area contributed by atoms with Gasteiger partial charge in [-0.25, -0.2) is 0 Å². The highest BCUT2D eigenvalue weighted by molar-refractivity contribution is 5.71. The normalized spacial score (nSPS) is 12.5. The molecule has 0 aromatic carbocycles. The predicted molar refractivity (Wildman–Crippen MR) is 321 cm³/mol. The number of ether oxygens (including phenoxy) is 3. The lowest BCUT2D eigenvalue weighted by molar-refractivity contribution is -0.167. The van der Waals surface area contributed by atoms with Crippen LogP contribution in [0.2, 0.25) is 0 Å². The molecule has 6 heteroatoms. The van der Waals surface area contributed by atoms with Crippen LogP contribution < -0.4 is 0 Å². The lowest BCUT2D eigenvalue weighted by Crippen LogP contribution is -2.30. The van der Waals surface area contributed by atoms with Crippen molar-refractivity contribution in [2.24, 2.45) is 0 Å². The van der Waals surface area contributed by atoms with E-state index < -0.39 is 6.10 Å². The van der Waals surface area contributed by atoms with Gasteiger partial charge in [0.25, 0.3) is 0 Å². The van der Waals surface area contributed by atoms with Crippen LogP contribution in [0.3, 0.4) is 0 Å². The van der Waals surface area contributed by atoms with Gasteiger partial charge in [-0.15, -0.1) is 0 Å². The minimum atomic E-state index is -0.787. The molecule has 0 aliphatic carbocycles. The minimum absolute atomic E-state index is 0.0835. The zero-order valence-corrected chi connectivity index (χ0v) is 49.1. The van der Waals surface area contributed by atoms with Crippen molar-refractivity contribution >= 4 is 17.9 Å². The third-order valence-corrected chi connectivity index (χ3v) is 13.9. The highest BCUT2D eigenvalue weighted by Crippen LogP contribution is 2.16. The molecule has 0 aromatic heterocycles. The van der Waals surface area contributed by atoms with Gasteiger partial charge in [-0.3, -0.25) is 14.4 Å². The van der Waals surface area contributed by atoms with Gasteiger partial charge in [0.1, 0.15) is 13.2 Å². The molecule has 0 aliphatic rings.